The first-order chi connectivity index (χ1) is 15.5. The molecule has 2 amide bonds. The van der Waals surface area contributed by atoms with Crippen molar-refractivity contribution >= 4 is 17.8 Å². The van der Waals surface area contributed by atoms with Crippen LogP contribution in [0.2, 0.25) is 0 Å². The van der Waals surface area contributed by atoms with Gasteiger partial charge in [0.15, 0.2) is 12.4 Å². The Balaban J connectivity index is 4.29. The smallest absolute Gasteiger partial charge is 0.408 e. The Labute approximate surface area is 194 Å². The molecule has 0 aliphatic heterocycles. The molecule has 0 aliphatic carbocycles. The Morgan fingerprint density at radius 1 is 0.875 bits per heavy atom. The molecule has 184 valence electrons. The number of ether oxygens (including phenoxy) is 1. The van der Waals surface area contributed by atoms with E-state index in [9.17, 15) is 14.4 Å². The molecular weight excluding hydrogens is 406 g/mol. The summed E-state index contributed by atoms with van der Waals surface area (Å²) in [6, 6.07) is 0. The fourth-order valence-electron chi connectivity index (χ4n) is 3.35. The predicted molar refractivity (Wildman–Crippen MR) is 130 cm³/mol. The molecule has 1 unspecified atom stereocenters. The molecule has 4 N–H and O–H groups in total. The summed E-state index contributed by atoms with van der Waals surface area (Å²) in [5.41, 5.74) is 1.91. The van der Waals surface area contributed by atoms with E-state index in [0.29, 0.717) is 0 Å². The number of hydrogen-bond donors (Lipinski definition) is 3. The van der Waals surface area contributed by atoms with Crippen LogP contribution in [0.25, 0.3) is 0 Å². The van der Waals surface area contributed by atoms with E-state index < -0.39 is 12.0 Å². The minimum absolute atomic E-state index is 0.0403. The number of nitrogens with two attached hydrogens (primary N) is 1. The van der Waals surface area contributed by atoms with E-state index in [-0.39, 0.29) is 24.9 Å². The van der Waals surface area contributed by atoms with Crippen molar-refractivity contribution in [2.75, 3.05) is 13.2 Å². The van der Waals surface area contributed by atoms with Crippen LogP contribution in [-0.4, -0.2) is 30.9 Å². The van der Waals surface area contributed by atoms with Crippen molar-refractivity contribution in [1.82, 2.24) is 10.7 Å². The second-order valence-electron chi connectivity index (χ2n) is 8.09. The first-order valence-electron chi connectivity index (χ1n) is 12.3. The van der Waals surface area contributed by atoms with Crippen molar-refractivity contribution < 1.29 is 19.1 Å². The minimum Gasteiger partial charge on any atom is -0.442 e. The summed E-state index contributed by atoms with van der Waals surface area (Å²) in [7, 11) is 0. The molecule has 0 aromatic heterocycles. The van der Waals surface area contributed by atoms with Crippen LogP contribution < -0.4 is 16.6 Å². The van der Waals surface area contributed by atoms with E-state index in [1.165, 1.54) is 19.3 Å². The fraction of sp³-hybridized carbons (Fsp3) is 0.720. The van der Waals surface area contributed by atoms with Gasteiger partial charge in [-0.25, -0.2) is 10.6 Å². The molecule has 0 fully saturated rings. The summed E-state index contributed by atoms with van der Waals surface area (Å²) in [4.78, 5) is 35.3. The Morgan fingerprint density at radius 2 is 1.53 bits per heavy atom. The van der Waals surface area contributed by atoms with Crippen LogP contribution in [0.4, 0.5) is 4.79 Å². The fourth-order valence-corrected chi connectivity index (χ4v) is 3.35. The monoisotopic (exact) mass is 451 g/mol. The number of Topliss-reactive ketones (excluding diaryl/α,β-unsaturated/α-hetero) is 1. The highest BCUT2D eigenvalue weighted by molar-refractivity contribution is 5.85. The number of amides is 2. The van der Waals surface area contributed by atoms with E-state index in [0.717, 1.165) is 64.2 Å². The summed E-state index contributed by atoms with van der Waals surface area (Å²) in [6.07, 6.45) is 21.8. The van der Waals surface area contributed by atoms with Gasteiger partial charge < -0.3 is 10.1 Å². The molecule has 0 aliphatic rings. The topological polar surface area (TPSA) is 111 Å². The third kappa shape index (κ3) is 18.6. The summed E-state index contributed by atoms with van der Waals surface area (Å²) in [5.74, 6) is 4.30. The van der Waals surface area contributed by atoms with Gasteiger partial charge in [-0.3, -0.25) is 15.0 Å². The number of hydrazine groups is 1. The number of carbonyl (C=O) groups is 3. The highest BCUT2D eigenvalue weighted by atomic mass is 16.6. The van der Waals surface area contributed by atoms with Crippen molar-refractivity contribution in [2.45, 2.75) is 97.3 Å². The number of unbranched alkanes of at least 4 members (excludes halogenated alkanes) is 7. The molecule has 7 heteroatoms. The van der Waals surface area contributed by atoms with Gasteiger partial charge in [0.2, 0.25) is 0 Å². The van der Waals surface area contributed by atoms with Gasteiger partial charge >= 0.3 is 6.09 Å². The minimum atomic E-state index is -0.788. The Kier molecular flexibility index (Phi) is 20.6. The second kappa shape index (κ2) is 22.1. The third-order valence-electron chi connectivity index (χ3n) is 5.28. The Morgan fingerprint density at radius 3 is 2.19 bits per heavy atom. The van der Waals surface area contributed by atoms with Crippen molar-refractivity contribution in [1.29, 1.82) is 0 Å². The quantitative estimate of drug-likeness (QED) is 0.0783. The molecule has 0 spiro atoms. The van der Waals surface area contributed by atoms with Crippen LogP contribution in [0.1, 0.15) is 97.3 Å². The van der Waals surface area contributed by atoms with Crippen LogP contribution in [-0.2, 0) is 14.3 Å². The number of alkyl carbamates (subject to hydrolysis) is 1. The Bertz CT molecular complexity index is 561. The average Bonchev–Trinajstić information content (AvgIpc) is 2.80. The van der Waals surface area contributed by atoms with Crippen LogP contribution in [0.15, 0.2) is 24.3 Å². The molecule has 0 aromatic carbocycles. The molecule has 32 heavy (non-hydrogen) atoms. The van der Waals surface area contributed by atoms with E-state index in [2.05, 4.69) is 43.5 Å². The molecule has 0 saturated carbocycles. The van der Waals surface area contributed by atoms with E-state index in [1.54, 1.807) is 0 Å². The maximum atomic E-state index is 12.6. The molecule has 0 bridgehead atoms. The lowest BCUT2D eigenvalue weighted by molar-refractivity contribution is -0.126. The number of allylic oxidation sites excluding steroid dienone is 4. The highest BCUT2D eigenvalue weighted by Gasteiger charge is 2.19. The van der Waals surface area contributed by atoms with Gasteiger partial charge in [-0.1, -0.05) is 83.1 Å². The van der Waals surface area contributed by atoms with Gasteiger partial charge in [0.25, 0.3) is 5.91 Å². The molecule has 7 nitrogen and oxygen atoms in total. The van der Waals surface area contributed by atoms with Gasteiger partial charge in [-0.05, 0) is 38.5 Å². The normalized spacial score (nSPS) is 12.2. The maximum absolute atomic E-state index is 12.6. The molecule has 0 heterocycles. The van der Waals surface area contributed by atoms with E-state index in [1.807, 2.05) is 5.43 Å². The summed E-state index contributed by atoms with van der Waals surface area (Å²) >= 11 is 0. The van der Waals surface area contributed by atoms with Gasteiger partial charge in [0, 0.05) is 5.92 Å². The lowest BCUT2D eigenvalue weighted by Crippen LogP contribution is -2.40. The van der Waals surface area contributed by atoms with Gasteiger partial charge in [-0.2, -0.15) is 0 Å². The average molecular weight is 452 g/mol. The third-order valence-corrected chi connectivity index (χ3v) is 5.28. The van der Waals surface area contributed by atoms with Crippen LogP contribution in [0, 0.1) is 5.92 Å². The van der Waals surface area contributed by atoms with Crippen LogP contribution in [0.5, 0.6) is 0 Å². The molecule has 0 aromatic rings. The number of ketones is 1. The summed E-state index contributed by atoms with van der Waals surface area (Å²) < 4.78 is 4.99. The molecule has 0 rings (SSSR count). The lowest BCUT2D eigenvalue weighted by atomic mass is 9.91. The first kappa shape index (κ1) is 29.9. The SMILES string of the molecule is CCC=CCC=CCCCCCC(CCCCCCC)C(=O)COC(=O)NCC(=O)NN. The molecule has 1 atom stereocenters. The van der Waals surface area contributed by atoms with Gasteiger partial charge in [0.1, 0.15) is 6.54 Å². The number of rotatable bonds is 20. The van der Waals surface area contributed by atoms with Crippen LogP contribution >= 0.6 is 0 Å². The zero-order valence-electron chi connectivity index (χ0n) is 20.2. The van der Waals surface area contributed by atoms with Crippen molar-refractivity contribution in [2.24, 2.45) is 11.8 Å². The van der Waals surface area contributed by atoms with Crippen LogP contribution in [0.3, 0.4) is 0 Å². The van der Waals surface area contributed by atoms with Crippen molar-refractivity contribution in [3.05, 3.63) is 24.3 Å². The molecular formula is C25H45N3O4. The second-order valence-corrected chi connectivity index (χ2v) is 8.09. The molecule has 0 radical (unpaired) electrons. The highest BCUT2D eigenvalue weighted by Crippen LogP contribution is 2.20. The molecule has 0 saturated heterocycles. The number of nitrogens with one attached hydrogen (secondary N) is 2. The predicted octanol–water partition coefficient (Wildman–Crippen LogP) is 5.11. The van der Waals surface area contributed by atoms with E-state index >= 15 is 0 Å². The van der Waals surface area contributed by atoms with Crippen molar-refractivity contribution in [3.63, 3.8) is 0 Å². The summed E-state index contributed by atoms with van der Waals surface area (Å²) in [5, 5.41) is 2.27. The van der Waals surface area contributed by atoms with Crippen molar-refractivity contribution in [3.8, 4) is 0 Å². The van der Waals surface area contributed by atoms with Gasteiger partial charge in [0.05, 0.1) is 0 Å². The number of hydrogen-bond acceptors (Lipinski definition) is 5. The zero-order valence-corrected chi connectivity index (χ0v) is 20.2. The zero-order chi connectivity index (χ0) is 23.9. The maximum Gasteiger partial charge on any atom is 0.408 e. The number of carbonyl (C=O) groups excluding carboxylic acids is 3. The lowest BCUT2D eigenvalue weighted by Gasteiger charge is -2.16. The largest absolute Gasteiger partial charge is 0.442 e. The summed E-state index contributed by atoms with van der Waals surface area (Å²) in [6.45, 7) is 3.77. The van der Waals surface area contributed by atoms with E-state index in [4.69, 9.17) is 10.6 Å². The first-order valence-corrected chi connectivity index (χ1v) is 12.3. The van der Waals surface area contributed by atoms with Gasteiger partial charge in [-0.15, -0.1) is 0 Å². The standard InChI is InChI=1S/C25H45N3O4/c1-3-5-7-9-10-11-12-13-15-17-19-22(18-16-14-8-6-4-2)23(29)21-32-25(31)27-20-24(30)28-26/h5,7,10-11,22H,3-4,6,8-9,12-21,26H2,1-2H3,(H,27,31)(H,28,30). The Hall–Kier alpha value is -2.15.